The highest BCUT2D eigenvalue weighted by molar-refractivity contribution is 7.90. The van der Waals surface area contributed by atoms with Gasteiger partial charge in [0.15, 0.2) is 9.84 Å². The number of nitrogens with one attached hydrogen (secondary N) is 1. The van der Waals surface area contributed by atoms with E-state index in [9.17, 15) is 13.2 Å². The number of rotatable bonds is 8. The second-order valence-electron chi connectivity index (χ2n) is 9.85. The van der Waals surface area contributed by atoms with E-state index in [0.29, 0.717) is 30.5 Å². The molecule has 7 nitrogen and oxygen atoms in total. The summed E-state index contributed by atoms with van der Waals surface area (Å²) in [7, 11) is -3.29. The molecular weight excluding hydrogens is 486 g/mol. The fourth-order valence-corrected chi connectivity index (χ4v) is 5.95. The van der Waals surface area contributed by atoms with Gasteiger partial charge in [0.25, 0.3) is 0 Å². The van der Waals surface area contributed by atoms with E-state index in [1.54, 1.807) is 18.2 Å². The second kappa shape index (κ2) is 11.4. The maximum absolute atomic E-state index is 12.9. The lowest BCUT2D eigenvalue weighted by Gasteiger charge is -2.19. The minimum atomic E-state index is -3.29. The Kier molecular flexibility index (Phi) is 8.45. The van der Waals surface area contributed by atoms with Gasteiger partial charge in [0.05, 0.1) is 10.6 Å². The highest BCUT2D eigenvalue weighted by atomic mass is 35.5. The average Bonchev–Trinajstić information content (AvgIpc) is 3.20. The SMILES string of the molecule is CC(Nc1nc(Cl)nc2c1CC(CCC(=O)C1CCCCOCC1)C2)c1cccc(S(C)(=O)=O)c1. The normalized spacial score (nSPS) is 21.6. The summed E-state index contributed by atoms with van der Waals surface area (Å²) in [6, 6.07) is 6.75. The summed E-state index contributed by atoms with van der Waals surface area (Å²) in [4.78, 5) is 22.1. The third-order valence-electron chi connectivity index (χ3n) is 7.14. The zero-order valence-corrected chi connectivity index (χ0v) is 22.0. The van der Waals surface area contributed by atoms with Crippen molar-refractivity contribution in [1.82, 2.24) is 9.97 Å². The number of halogens is 1. The van der Waals surface area contributed by atoms with E-state index in [1.165, 1.54) is 6.26 Å². The number of nitrogens with zero attached hydrogens (tertiary/aromatic N) is 2. The first kappa shape index (κ1) is 26.0. The number of anilines is 1. The van der Waals surface area contributed by atoms with Crippen LogP contribution in [0.3, 0.4) is 0 Å². The van der Waals surface area contributed by atoms with Crippen molar-refractivity contribution in [3.63, 3.8) is 0 Å². The largest absolute Gasteiger partial charge is 0.381 e. The van der Waals surface area contributed by atoms with Gasteiger partial charge in [0, 0.05) is 43.4 Å². The third kappa shape index (κ3) is 6.80. The lowest BCUT2D eigenvalue weighted by atomic mass is 9.88. The molecule has 1 aliphatic heterocycles. The van der Waals surface area contributed by atoms with Crippen molar-refractivity contribution < 1.29 is 17.9 Å². The van der Waals surface area contributed by atoms with E-state index in [2.05, 4.69) is 15.3 Å². The molecule has 2 heterocycles. The van der Waals surface area contributed by atoms with Crippen molar-refractivity contribution in [3.8, 4) is 0 Å². The fourth-order valence-electron chi connectivity index (χ4n) is 5.08. The van der Waals surface area contributed by atoms with Crippen molar-refractivity contribution in [2.24, 2.45) is 11.8 Å². The van der Waals surface area contributed by atoms with Gasteiger partial charge in [-0.15, -0.1) is 0 Å². The van der Waals surface area contributed by atoms with Gasteiger partial charge in [-0.1, -0.05) is 18.6 Å². The Hall–Kier alpha value is -2.03. The molecule has 1 aliphatic carbocycles. The molecule has 1 aromatic heterocycles. The highest BCUT2D eigenvalue weighted by Gasteiger charge is 2.29. The van der Waals surface area contributed by atoms with Gasteiger partial charge < -0.3 is 10.1 Å². The quantitative estimate of drug-likeness (QED) is 0.491. The van der Waals surface area contributed by atoms with Gasteiger partial charge >= 0.3 is 0 Å². The number of hydrogen-bond acceptors (Lipinski definition) is 7. The zero-order valence-electron chi connectivity index (χ0n) is 20.4. The molecule has 3 atom stereocenters. The molecule has 2 aromatic rings. The molecule has 0 bridgehead atoms. The Labute approximate surface area is 213 Å². The van der Waals surface area contributed by atoms with E-state index in [0.717, 1.165) is 68.4 Å². The molecule has 1 fully saturated rings. The number of fused-ring (bicyclic) bond motifs is 1. The lowest BCUT2D eigenvalue weighted by Crippen LogP contribution is -2.20. The van der Waals surface area contributed by atoms with Crippen LogP contribution in [0, 0.1) is 11.8 Å². The number of carbonyl (C=O) groups excluding carboxylic acids is 1. The number of Topliss-reactive ketones (excluding diaryl/α,β-unsaturated/α-hetero) is 1. The maximum Gasteiger partial charge on any atom is 0.224 e. The molecular formula is C26H34ClN3O4S. The first-order chi connectivity index (χ1) is 16.7. The molecule has 0 spiro atoms. The average molecular weight is 520 g/mol. The van der Waals surface area contributed by atoms with Crippen molar-refractivity contribution in [2.75, 3.05) is 24.8 Å². The molecule has 1 saturated heterocycles. The zero-order chi connectivity index (χ0) is 25.0. The highest BCUT2D eigenvalue weighted by Crippen LogP contribution is 2.35. The Balaban J connectivity index is 1.41. The van der Waals surface area contributed by atoms with Crippen molar-refractivity contribution in [3.05, 3.63) is 46.4 Å². The van der Waals surface area contributed by atoms with Crippen LogP contribution < -0.4 is 5.32 Å². The van der Waals surface area contributed by atoms with E-state index >= 15 is 0 Å². The summed E-state index contributed by atoms with van der Waals surface area (Å²) in [5, 5.41) is 3.61. The number of hydrogen-bond donors (Lipinski definition) is 1. The summed E-state index contributed by atoms with van der Waals surface area (Å²) in [5.74, 6) is 1.49. The molecule has 0 amide bonds. The minimum Gasteiger partial charge on any atom is -0.381 e. The summed E-state index contributed by atoms with van der Waals surface area (Å²) < 4.78 is 29.5. The molecule has 190 valence electrons. The smallest absolute Gasteiger partial charge is 0.224 e. The number of carbonyl (C=O) groups is 1. The fraction of sp³-hybridized carbons (Fsp3) is 0.577. The van der Waals surface area contributed by atoms with Crippen molar-refractivity contribution >= 4 is 33.0 Å². The molecule has 1 aromatic carbocycles. The van der Waals surface area contributed by atoms with Crippen LogP contribution in [0.4, 0.5) is 5.82 Å². The number of benzene rings is 1. The third-order valence-corrected chi connectivity index (χ3v) is 8.42. The monoisotopic (exact) mass is 519 g/mol. The first-order valence-corrected chi connectivity index (χ1v) is 14.7. The first-order valence-electron chi connectivity index (χ1n) is 12.4. The number of ketones is 1. The Morgan fingerprint density at radius 3 is 2.83 bits per heavy atom. The molecule has 35 heavy (non-hydrogen) atoms. The maximum atomic E-state index is 12.9. The van der Waals surface area contributed by atoms with Crippen LogP contribution in [-0.2, 0) is 32.2 Å². The molecule has 3 unspecified atom stereocenters. The van der Waals surface area contributed by atoms with E-state index in [4.69, 9.17) is 16.3 Å². The van der Waals surface area contributed by atoms with E-state index < -0.39 is 9.84 Å². The Morgan fingerprint density at radius 2 is 2.03 bits per heavy atom. The molecule has 9 heteroatoms. The predicted molar refractivity (Wildman–Crippen MR) is 137 cm³/mol. The number of ether oxygens (including phenoxy) is 1. The Morgan fingerprint density at radius 1 is 1.20 bits per heavy atom. The summed E-state index contributed by atoms with van der Waals surface area (Å²) >= 11 is 6.24. The summed E-state index contributed by atoms with van der Waals surface area (Å²) in [5.41, 5.74) is 2.82. The van der Waals surface area contributed by atoms with Crippen LogP contribution in [-0.4, -0.2) is 43.6 Å². The molecule has 1 N–H and O–H groups in total. The van der Waals surface area contributed by atoms with Crippen LogP contribution in [0.25, 0.3) is 0 Å². The van der Waals surface area contributed by atoms with E-state index in [1.807, 2.05) is 13.0 Å². The molecule has 0 saturated carbocycles. The van der Waals surface area contributed by atoms with Crippen LogP contribution >= 0.6 is 11.6 Å². The molecule has 4 rings (SSSR count). The number of aromatic nitrogens is 2. The standard InChI is InChI=1S/C26H34ClN3O4S/c1-17(20-7-5-8-21(16-20)35(2,32)33)28-25-22-14-18(15-23(22)29-26(27)30-25)9-10-24(31)19-6-3-4-12-34-13-11-19/h5,7-8,16-19H,3-4,6,9-15H2,1-2H3,(H,28,29,30). The van der Waals surface area contributed by atoms with E-state index in [-0.39, 0.29) is 22.1 Å². The van der Waals surface area contributed by atoms with Gasteiger partial charge in [-0.05, 0) is 80.7 Å². The topological polar surface area (TPSA) is 98.2 Å². The van der Waals surface area contributed by atoms with Crippen LogP contribution in [0.15, 0.2) is 29.2 Å². The Bertz CT molecular complexity index is 1160. The van der Waals surface area contributed by atoms with Gasteiger partial charge in [-0.25, -0.2) is 18.4 Å². The van der Waals surface area contributed by atoms with Crippen molar-refractivity contribution in [1.29, 1.82) is 0 Å². The predicted octanol–water partition coefficient (Wildman–Crippen LogP) is 4.98. The molecule has 2 aliphatic rings. The van der Waals surface area contributed by atoms with Gasteiger partial charge in [-0.2, -0.15) is 0 Å². The molecule has 0 radical (unpaired) electrons. The second-order valence-corrected chi connectivity index (χ2v) is 12.2. The van der Waals surface area contributed by atoms with Gasteiger partial charge in [0.2, 0.25) is 5.28 Å². The van der Waals surface area contributed by atoms with Gasteiger partial charge in [0.1, 0.15) is 11.6 Å². The van der Waals surface area contributed by atoms with Crippen LogP contribution in [0.1, 0.15) is 68.3 Å². The minimum absolute atomic E-state index is 0.120. The van der Waals surface area contributed by atoms with Crippen LogP contribution in [0.5, 0.6) is 0 Å². The summed E-state index contributed by atoms with van der Waals surface area (Å²) in [6.45, 7) is 3.45. The van der Waals surface area contributed by atoms with Crippen LogP contribution in [0.2, 0.25) is 5.28 Å². The van der Waals surface area contributed by atoms with Gasteiger partial charge in [-0.3, -0.25) is 4.79 Å². The summed E-state index contributed by atoms with van der Waals surface area (Å²) in [6.07, 6.45) is 8.09. The lowest BCUT2D eigenvalue weighted by molar-refractivity contribution is -0.124. The van der Waals surface area contributed by atoms with Crippen molar-refractivity contribution in [2.45, 2.75) is 69.2 Å². The number of sulfone groups is 1.